The first kappa shape index (κ1) is 26.7. The minimum Gasteiger partial charge on any atom is -0.456 e. The van der Waals surface area contributed by atoms with Crippen LogP contribution in [0.15, 0.2) is 153 Å². The summed E-state index contributed by atoms with van der Waals surface area (Å²) >= 11 is 0. The largest absolute Gasteiger partial charge is 0.456 e. The minimum atomic E-state index is 0.488. The average Bonchev–Trinajstić information content (AvgIpc) is 3.95. The van der Waals surface area contributed by atoms with E-state index >= 15 is 0 Å². The molecule has 0 saturated carbocycles. The van der Waals surface area contributed by atoms with Crippen molar-refractivity contribution in [2.75, 3.05) is 0 Å². The van der Waals surface area contributed by atoms with Gasteiger partial charge in [-0.1, -0.05) is 91.0 Å². The van der Waals surface area contributed by atoms with E-state index in [-0.39, 0.29) is 0 Å². The van der Waals surface area contributed by atoms with Gasteiger partial charge in [-0.2, -0.15) is 4.98 Å². The number of fused-ring (bicyclic) bond motifs is 9. The van der Waals surface area contributed by atoms with Gasteiger partial charge in [0.15, 0.2) is 5.82 Å². The molecule has 240 valence electrons. The van der Waals surface area contributed by atoms with Crippen molar-refractivity contribution in [2.45, 2.75) is 0 Å². The number of benzene rings is 7. The van der Waals surface area contributed by atoms with Gasteiger partial charge < -0.3 is 13.3 Å². The van der Waals surface area contributed by atoms with Crippen LogP contribution in [0.25, 0.3) is 127 Å². The molecule has 0 radical (unpaired) electrons. The Kier molecular flexibility index (Phi) is 4.78. The van der Waals surface area contributed by atoms with Crippen molar-refractivity contribution in [3.8, 4) is 17.1 Å². The fraction of sp³-hybridized carbons (Fsp3) is 0. The lowest BCUT2D eigenvalue weighted by Gasteiger charge is -2.13. The SMILES string of the molecule is c1ccc2c(c1)oc1nc(-n3c4cccc5c6ccccc6c6cccc7oc8ccc3c(c8c76)c54)c(-c3cccc4oc5ccccc5c34)nc12. The molecule has 6 nitrogen and oxygen atoms in total. The summed E-state index contributed by atoms with van der Waals surface area (Å²) in [5, 5.41) is 12.2. The molecule has 0 saturated heterocycles. The molecule has 0 spiro atoms. The number of hydrogen-bond donors (Lipinski definition) is 0. The predicted octanol–water partition coefficient (Wildman–Crippen LogP) is 12.7. The Bertz CT molecular complexity index is 3650. The molecule has 13 rings (SSSR count). The van der Waals surface area contributed by atoms with Gasteiger partial charge in [-0.15, -0.1) is 0 Å². The Hall–Kier alpha value is -7.18. The van der Waals surface area contributed by atoms with Crippen LogP contribution in [-0.4, -0.2) is 14.5 Å². The Morgan fingerprint density at radius 1 is 0.365 bits per heavy atom. The van der Waals surface area contributed by atoms with Gasteiger partial charge in [0.2, 0.25) is 5.71 Å². The molecule has 6 heteroatoms. The Morgan fingerprint density at radius 2 is 0.942 bits per heavy atom. The van der Waals surface area contributed by atoms with Gasteiger partial charge in [-0.25, -0.2) is 4.98 Å². The second kappa shape index (κ2) is 9.33. The Labute approximate surface area is 293 Å². The van der Waals surface area contributed by atoms with E-state index in [1.165, 1.54) is 10.8 Å². The van der Waals surface area contributed by atoms with Crippen LogP contribution in [0.2, 0.25) is 0 Å². The van der Waals surface area contributed by atoms with Crippen LogP contribution in [0.4, 0.5) is 0 Å². The first-order chi connectivity index (χ1) is 25.8. The number of nitrogens with zero attached hydrogens (tertiary/aromatic N) is 3. The summed E-state index contributed by atoms with van der Waals surface area (Å²) in [4.78, 5) is 10.9. The quantitative estimate of drug-likeness (QED) is 0.184. The molecule has 0 aliphatic carbocycles. The van der Waals surface area contributed by atoms with Gasteiger partial charge in [0, 0.05) is 43.3 Å². The molecule has 0 aliphatic rings. The number of para-hydroxylation sites is 2. The fourth-order valence-electron chi connectivity index (χ4n) is 8.91. The van der Waals surface area contributed by atoms with E-state index in [1.807, 2.05) is 48.5 Å². The molecule has 8 aromatic carbocycles. The molecule has 0 aliphatic heterocycles. The molecule has 0 amide bonds. The number of hydrogen-bond acceptors (Lipinski definition) is 5. The van der Waals surface area contributed by atoms with Crippen LogP contribution in [0.5, 0.6) is 0 Å². The predicted molar refractivity (Wildman–Crippen MR) is 210 cm³/mol. The second-order valence-corrected chi connectivity index (χ2v) is 13.6. The maximum Gasteiger partial charge on any atom is 0.248 e. The van der Waals surface area contributed by atoms with Crippen molar-refractivity contribution in [3.05, 3.63) is 140 Å². The summed E-state index contributed by atoms with van der Waals surface area (Å²) in [5.41, 5.74) is 9.05. The lowest BCUT2D eigenvalue weighted by Crippen LogP contribution is -2.03. The van der Waals surface area contributed by atoms with Crippen LogP contribution in [0.1, 0.15) is 0 Å². The molecule has 0 unspecified atom stereocenters. The van der Waals surface area contributed by atoms with Crippen LogP contribution in [0, 0.1) is 0 Å². The van der Waals surface area contributed by atoms with Gasteiger partial charge in [-0.3, -0.25) is 4.57 Å². The summed E-state index contributed by atoms with van der Waals surface area (Å²) in [7, 11) is 0. The van der Waals surface area contributed by atoms with Crippen LogP contribution < -0.4 is 0 Å². The highest BCUT2D eigenvalue weighted by Crippen LogP contribution is 2.48. The molecule has 52 heavy (non-hydrogen) atoms. The monoisotopic (exact) mass is 665 g/mol. The third-order valence-electron chi connectivity index (χ3n) is 11.0. The molecule has 0 bridgehead atoms. The van der Waals surface area contributed by atoms with E-state index in [4.69, 9.17) is 23.2 Å². The summed E-state index contributed by atoms with van der Waals surface area (Å²) in [6.07, 6.45) is 0. The summed E-state index contributed by atoms with van der Waals surface area (Å²) in [6, 6.07) is 48.3. The number of aromatic nitrogens is 3. The lowest BCUT2D eigenvalue weighted by molar-refractivity contribution is 0.652. The molecular formula is C46H23N3O3. The van der Waals surface area contributed by atoms with Gasteiger partial charge in [0.1, 0.15) is 39.1 Å². The van der Waals surface area contributed by atoms with E-state index < -0.39 is 0 Å². The van der Waals surface area contributed by atoms with Gasteiger partial charge >= 0.3 is 0 Å². The van der Waals surface area contributed by atoms with E-state index in [1.54, 1.807) is 0 Å². The Morgan fingerprint density at radius 3 is 1.77 bits per heavy atom. The van der Waals surface area contributed by atoms with Crippen LogP contribution in [0.3, 0.4) is 0 Å². The third-order valence-corrected chi connectivity index (χ3v) is 11.0. The van der Waals surface area contributed by atoms with Crippen molar-refractivity contribution < 1.29 is 13.3 Å². The highest BCUT2D eigenvalue weighted by Gasteiger charge is 2.27. The normalized spacial score (nSPS) is 12.6. The molecule has 5 aromatic heterocycles. The second-order valence-electron chi connectivity index (χ2n) is 13.6. The van der Waals surface area contributed by atoms with Gasteiger partial charge in [0.25, 0.3) is 0 Å². The van der Waals surface area contributed by atoms with Crippen LogP contribution in [-0.2, 0) is 0 Å². The van der Waals surface area contributed by atoms with Crippen molar-refractivity contribution in [3.63, 3.8) is 0 Å². The van der Waals surface area contributed by atoms with E-state index in [9.17, 15) is 0 Å². The number of rotatable bonds is 2. The number of furan rings is 3. The lowest BCUT2D eigenvalue weighted by atomic mass is 9.95. The maximum absolute atomic E-state index is 6.61. The molecule has 0 N–H and O–H groups in total. The topological polar surface area (TPSA) is 70.1 Å². The van der Waals surface area contributed by atoms with Crippen molar-refractivity contribution in [1.29, 1.82) is 0 Å². The third kappa shape index (κ3) is 3.21. The van der Waals surface area contributed by atoms with E-state index in [0.29, 0.717) is 11.5 Å². The smallest absolute Gasteiger partial charge is 0.248 e. The van der Waals surface area contributed by atoms with Crippen LogP contribution >= 0.6 is 0 Å². The zero-order valence-corrected chi connectivity index (χ0v) is 27.3. The van der Waals surface area contributed by atoms with Gasteiger partial charge in [0.05, 0.1) is 11.0 Å². The minimum absolute atomic E-state index is 0.488. The van der Waals surface area contributed by atoms with E-state index in [2.05, 4.69) is 95.6 Å². The fourth-order valence-corrected chi connectivity index (χ4v) is 8.91. The Balaban J connectivity index is 1.29. The van der Waals surface area contributed by atoms with E-state index in [0.717, 1.165) is 104 Å². The zero-order valence-electron chi connectivity index (χ0n) is 27.3. The van der Waals surface area contributed by atoms with Crippen molar-refractivity contribution in [2.24, 2.45) is 0 Å². The van der Waals surface area contributed by atoms with Crippen molar-refractivity contribution in [1.82, 2.24) is 14.5 Å². The highest BCUT2D eigenvalue weighted by atomic mass is 16.3. The standard InChI is InChI=1S/C46H23N3O3/c1-2-11-25-24(10-1)26-14-7-17-31-39(26)41-32(22-23-37-42(41)40-27(25)15-8-21-36(40)51-37)49(31)45-43(47-44-29-13-4-6-19-34(29)52-46(44)48-45)30-16-9-20-35-38(30)28-12-3-5-18-33(28)50-35/h1-23H. The zero-order chi connectivity index (χ0) is 33.7. The molecule has 0 atom stereocenters. The molecule has 5 heterocycles. The summed E-state index contributed by atoms with van der Waals surface area (Å²) in [6.45, 7) is 0. The van der Waals surface area contributed by atoms with Crippen molar-refractivity contribution >= 4 is 109 Å². The maximum atomic E-state index is 6.61. The summed E-state index contributed by atoms with van der Waals surface area (Å²) in [5.74, 6) is 0.682. The summed E-state index contributed by atoms with van der Waals surface area (Å²) < 4.78 is 21.7. The molecular weight excluding hydrogens is 643 g/mol. The highest BCUT2D eigenvalue weighted by molar-refractivity contribution is 6.38. The average molecular weight is 666 g/mol. The van der Waals surface area contributed by atoms with Gasteiger partial charge in [-0.05, 0) is 70.1 Å². The molecule has 13 aromatic rings. The first-order valence-electron chi connectivity index (χ1n) is 17.4. The first-order valence-corrected chi connectivity index (χ1v) is 17.4. The molecule has 0 fully saturated rings.